The summed E-state index contributed by atoms with van der Waals surface area (Å²) in [5.41, 5.74) is 3.58. The molecule has 0 radical (unpaired) electrons. The molecule has 6 heteroatoms. The van der Waals surface area contributed by atoms with Crippen LogP contribution in [-0.2, 0) is 0 Å². The number of hydrogen-bond acceptors (Lipinski definition) is 3. The highest BCUT2D eigenvalue weighted by atomic mass is 32.1. The quantitative estimate of drug-likeness (QED) is 0.433. The van der Waals surface area contributed by atoms with Crippen LogP contribution in [0.1, 0.15) is 37.8 Å². The first kappa shape index (κ1) is 12.0. The molecular formula is C11H17N5S. The van der Waals surface area contributed by atoms with E-state index >= 15 is 0 Å². The number of nitrogens with zero attached hydrogens (tertiary/aromatic N) is 2. The summed E-state index contributed by atoms with van der Waals surface area (Å²) in [7, 11) is 0. The number of nitrogens with one attached hydrogen (secondary N) is 3. The second-order valence-electron chi connectivity index (χ2n) is 4.18. The van der Waals surface area contributed by atoms with Crippen LogP contribution in [0.4, 0.5) is 0 Å². The molecule has 0 bridgehead atoms. The largest absolute Gasteiger partial charge is 0.359 e. The number of aromatic nitrogens is 2. The second kappa shape index (κ2) is 6.34. The third-order valence-electron chi connectivity index (χ3n) is 2.83. The van der Waals surface area contributed by atoms with Crippen LogP contribution < -0.4 is 10.7 Å². The molecule has 1 aliphatic carbocycles. The normalized spacial score (nSPS) is 17.2. The van der Waals surface area contributed by atoms with Crippen LogP contribution in [0.3, 0.4) is 0 Å². The fraction of sp³-hybridized carbons (Fsp3) is 0.545. The summed E-state index contributed by atoms with van der Waals surface area (Å²) in [5, 5.41) is 14.5. The van der Waals surface area contributed by atoms with Crippen LogP contribution in [0, 0.1) is 0 Å². The van der Waals surface area contributed by atoms with E-state index in [0.29, 0.717) is 11.2 Å². The molecule has 92 valence electrons. The highest BCUT2D eigenvalue weighted by molar-refractivity contribution is 7.80. The average Bonchev–Trinajstić information content (AvgIpc) is 2.83. The van der Waals surface area contributed by atoms with Gasteiger partial charge < -0.3 is 5.32 Å². The predicted octanol–water partition coefficient (Wildman–Crippen LogP) is 1.54. The molecule has 2 rings (SSSR count). The molecule has 17 heavy (non-hydrogen) atoms. The van der Waals surface area contributed by atoms with Crippen molar-refractivity contribution in [1.82, 2.24) is 20.9 Å². The van der Waals surface area contributed by atoms with Crippen molar-refractivity contribution in [3.8, 4) is 0 Å². The minimum absolute atomic E-state index is 0.504. The standard InChI is InChI=1S/C11H17N5S/c17-11(14-9-4-2-1-3-5-9)16-13-8-10-6-7-12-15-10/h6-9H,1-5H2,(H,12,15)(H2,14,16,17)/b13-8-. The molecule has 1 heterocycles. The van der Waals surface area contributed by atoms with E-state index < -0.39 is 0 Å². The van der Waals surface area contributed by atoms with Crippen molar-refractivity contribution >= 4 is 23.5 Å². The van der Waals surface area contributed by atoms with Gasteiger partial charge in [0.25, 0.3) is 0 Å². The molecule has 1 aromatic rings. The Morgan fingerprint density at radius 3 is 3.00 bits per heavy atom. The van der Waals surface area contributed by atoms with E-state index in [-0.39, 0.29) is 0 Å². The van der Waals surface area contributed by atoms with Gasteiger partial charge in [0.1, 0.15) is 5.69 Å². The maximum absolute atomic E-state index is 5.17. The zero-order valence-corrected chi connectivity index (χ0v) is 10.5. The van der Waals surface area contributed by atoms with Gasteiger partial charge in [-0.3, -0.25) is 10.5 Å². The molecule has 5 nitrogen and oxygen atoms in total. The number of H-pyrrole nitrogens is 1. The van der Waals surface area contributed by atoms with Crippen molar-refractivity contribution in [1.29, 1.82) is 0 Å². The molecule has 0 aromatic carbocycles. The maximum atomic E-state index is 5.17. The highest BCUT2D eigenvalue weighted by Gasteiger charge is 2.13. The predicted molar refractivity (Wildman–Crippen MR) is 71.9 cm³/mol. The summed E-state index contributed by atoms with van der Waals surface area (Å²) >= 11 is 5.17. The second-order valence-corrected chi connectivity index (χ2v) is 4.59. The third kappa shape index (κ3) is 4.14. The van der Waals surface area contributed by atoms with Crippen LogP contribution in [0.5, 0.6) is 0 Å². The lowest BCUT2D eigenvalue weighted by atomic mass is 9.96. The number of thiocarbonyl (C=S) groups is 1. The lowest BCUT2D eigenvalue weighted by Crippen LogP contribution is -2.40. The van der Waals surface area contributed by atoms with E-state index in [9.17, 15) is 0 Å². The first-order valence-corrected chi connectivity index (χ1v) is 6.35. The van der Waals surface area contributed by atoms with E-state index in [1.165, 1.54) is 32.1 Å². The highest BCUT2D eigenvalue weighted by Crippen LogP contribution is 2.17. The van der Waals surface area contributed by atoms with Crippen LogP contribution in [0.2, 0.25) is 0 Å². The fourth-order valence-corrected chi connectivity index (χ4v) is 2.18. The van der Waals surface area contributed by atoms with E-state index in [1.807, 2.05) is 6.07 Å². The van der Waals surface area contributed by atoms with Gasteiger partial charge in [0.05, 0.1) is 6.21 Å². The monoisotopic (exact) mass is 251 g/mol. The minimum Gasteiger partial charge on any atom is -0.359 e. The molecule has 0 saturated heterocycles. The van der Waals surface area contributed by atoms with Crippen LogP contribution in [-0.4, -0.2) is 27.6 Å². The van der Waals surface area contributed by atoms with Gasteiger partial charge in [-0.15, -0.1) is 0 Å². The maximum Gasteiger partial charge on any atom is 0.187 e. The molecule has 1 aromatic heterocycles. The Morgan fingerprint density at radius 2 is 2.29 bits per heavy atom. The Hall–Kier alpha value is -1.43. The van der Waals surface area contributed by atoms with Gasteiger partial charge in [-0.1, -0.05) is 19.3 Å². The summed E-state index contributed by atoms with van der Waals surface area (Å²) in [6.07, 6.45) is 9.70. The van der Waals surface area contributed by atoms with Crippen molar-refractivity contribution in [2.45, 2.75) is 38.1 Å². The van der Waals surface area contributed by atoms with Crippen molar-refractivity contribution in [3.05, 3.63) is 18.0 Å². The Morgan fingerprint density at radius 1 is 1.47 bits per heavy atom. The molecular weight excluding hydrogens is 234 g/mol. The minimum atomic E-state index is 0.504. The van der Waals surface area contributed by atoms with Crippen LogP contribution in [0.25, 0.3) is 0 Å². The van der Waals surface area contributed by atoms with Crippen LogP contribution >= 0.6 is 12.2 Å². The number of hydrazone groups is 1. The Kier molecular flexibility index (Phi) is 4.49. The van der Waals surface area contributed by atoms with E-state index in [1.54, 1.807) is 12.4 Å². The zero-order chi connectivity index (χ0) is 11.9. The zero-order valence-electron chi connectivity index (χ0n) is 9.65. The van der Waals surface area contributed by atoms with Gasteiger partial charge in [-0.25, -0.2) is 0 Å². The Labute approximate surface area is 106 Å². The van der Waals surface area contributed by atoms with Gasteiger partial charge in [0.15, 0.2) is 5.11 Å². The van der Waals surface area contributed by atoms with E-state index in [2.05, 4.69) is 26.0 Å². The summed E-state index contributed by atoms with van der Waals surface area (Å²) in [5.74, 6) is 0. The van der Waals surface area contributed by atoms with Crippen molar-refractivity contribution in [2.24, 2.45) is 5.10 Å². The number of rotatable bonds is 3. The topological polar surface area (TPSA) is 65.1 Å². The number of aromatic amines is 1. The smallest absolute Gasteiger partial charge is 0.187 e. The molecule has 0 unspecified atom stereocenters. The summed E-state index contributed by atoms with van der Waals surface area (Å²) in [6, 6.07) is 2.34. The van der Waals surface area contributed by atoms with E-state index in [0.717, 1.165) is 5.69 Å². The SMILES string of the molecule is S=C(N/N=C\c1cc[nH]n1)NC1CCCCC1. The first-order chi connectivity index (χ1) is 8.34. The molecule has 0 atom stereocenters. The summed E-state index contributed by atoms with van der Waals surface area (Å²) < 4.78 is 0. The van der Waals surface area contributed by atoms with Crippen molar-refractivity contribution < 1.29 is 0 Å². The third-order valence-corrected chi connectivity index (χ3v) is 3.03. The summed E-state index contributed by atoms with van der Waals surface area (Å²) in [6.45, 7) is 0. The van der Waals surface area contributed by atoms with Crippen molar-refractivity contribution in [2.75, 3.05) is 0 Å². The lowest BCUT2D eigenvalue weighted by Gasteiger charge is -2.23. The van der Waals surface area contributed by atoms with Gasteiger partial charge in [0, 0.05) is 12.2 Å². The summed E-state index contributed by atoms with van der Waals surface area (Å²) in [4.78, 5) is 0. The molecule has 3 N–H and O–H groups in total. The molecule has 1 fully saturated rings. The average molecular weight is 251 g/mol. The fourth-order valence-electron chi connectivity index (χ4n) is 1.97. The first-order valence-electron chi connectivity index (χ1n) is 5.94. The number of hydrogen-bond donors (Lipinski definition) is 3. The van der Waals surface area contributed by atoms with Gasteiger partial charge >= 0.3 is 0 Å². The molecule has 0 spiro atoms. The molecule has 0 amide bonds. The van der Waals surface area contributed by atoms with Gasteiger partial charge in [-0.05, 0) is 31.1 Å². The lowest BCUT2D eigenvalue weighted by molar-refractivity contribution is 0.412. The Balaban J connectivity index is 1.70. The van der Waals surface area contributed by atoms with Crippen molar-refractivity contribution in [3.63, 3.8) is 0 Å². The molecule has 1 saturated carbocycles. The van der Waals surface area contributed by atoms with Gasteiger partial charge in [-0.2, -0.15) is 10.2 Å². The molecule has 0 aliphatic heterocycles. The van der Waals surface area contributed by atoms with Gasteiger partial charge in [0.2, 0.25) is 0 Å². The Bertz CT molecular complexity index is 367. The van der Waals surface area contributed by atoms with E-state index in [4.69, 9.17) is 12.2 Å². The molecule has 1 aliphatic rings. The van der Waals surface area contributed by atoms with Crippen LogP contribution in [0.15, 0.2) is 17.4 Å².